The average molecular weight is 272 g/mol. The highest BCUT2D eigenvalue weighted by Gasteiger charge is 2.69. The van der Waals surface area contributed by atoms with E-state index in [9.17, 15) is 14.4 Å². The van der Waals surface area contributed by atoms with Gasteiger partial charge in [-0.3, -0.25) is 9.59 Å². The Labute approximate surface area is 114 Å². The number of benzene rings is 1. The van der Waals surface area contributed by atoms with E-state index in [1.165, 1.54) is 4.90 Å². The van der Waals surface area contributed by atoms with E-state index in [1.54, 1.807) is 24.3 Å². The van der Waals surface area contributed by atoms with E-state index >= 15 is 0 Å². The zero-order chi connectivity index (χ0) is 13.9. The van der Waals surface area contributed by atoms with Crippen LogP contribution in [0.2, 0.25) is 0 Å². The van der Waals surface area contributed by atoms with Crippen molar-refractivity contribution in [2.45, 2.75) is 24.5 Å². The second-order valence-electron chi connectivity index (χ2n) is 5.28. The molecule has 3 saturated heterocycles. The largest absolute Gasteiger partial charge is 0.459 e. The smallest absolute Gasteiger partial charge is 0.332 e. The van der Waals surface area contributed by atoms with Crippen molar-refractivity contribution in [2.75, 3.05) is 11.4 Å². The number of carbonyl (C=O) groups excluding carboxylic acids is 3. The number of para-hydroxylation sites is 1. The van der Waals surface area contributed by atoms with Crippen molar-refractivity contribution in [1.29, 1.82) is 0 Å². The van der Waals surface area contributed by atoms with E-state index in [-0.39, 0.29) is 18.4 Å². The number of nitrogens with zero attached hydrogens (tertiary/aromatic N) is 2. The summed E-state index contributed by atoms with van der Waals surface area (Å²) >= 11 is 0. The van der Waals surface area contributed by atoms with E-state index in [2.05, 4.69) is 0 Å². The maximum absolute atomic E-state index is 12.8. The minimum absolute atomic E-state index is 0.0361. The maximum atomic E-state index is 12.8. The van der Waals surface area contributed by atoms with E-state index in [4.69, 9.17) is 4.74 Å². The molecule has 3 aliphatic heterocycles. The van der Waals surface area contributed by atoms with Crippen molar-refractivity contribution < 1.29 is 19.1 Å². The number of hydrogen-bond donors (Lipinski definition) is 0. The molecule has 3 aliphatic rings. The molecule has 3 heterocycles. The van der Waals surface area contributed by atoms with Gasteiger partial charge in [0.2, 0.25) is 0 Å². The van der Waals surface area contributed by atoms with Gasteiger partial charge >= 0.3 is 12.0 Å². The minimum atomic E-state index is -1.11. The maximum Gasteiger partial charge on any atom is 0.332 e. The first kappa shape index (κ1) is 11.5. The number of anilines is 1. The molecule has 6 heteroatoms. The number of carbonyl (C=O) groups is 3. The lowest BCUT2D eigenvalue weighted by Gasteiger charge is -2.24. The highest BCUT2D eigenvalue weighted by atomic mass is 16.6. The van der Waals surface area contributed by atoms with Gasteiger partial charge in [0.25, 0.3) is 5.91 Å². The highest BCUT2D eigenvalue weighted by molar-refractivity contribution is 6.25. The lowest BCUT2D eigenvalue weighted by Crippen LogP contribution is -2.49. The number of imide groups is 1. The van der Waals surface area contributed by atoms with Gasteiger partial charge in [-0.15, -0.1) is 0 Å². The first-order chi connectivity index (χ1) is 9.64. The molecule has 0 unspecified atom stereocenters. The van der Waals surface area contributed by atoms with Crippen LogP contribution in [0, 0.1) is 0 Å². The third-order valence-electron chi connectivity index (χ3n) is 4.33. The van der Waals surface area contributed by atoms with Crippen molar-refractivity contribution in [1.82, 2.24) is 4.90 Å². The molecule has 0 N–H and O–H groups in total. The van der Waals surface area contributed by atoms with Crippen LogP contribution in [0.25, 0.3) is 0 Å². The van der Waals surface area contributed by atoms with Gasteiger partial charge in [-0.2, -0.15) is 0 Å². The molecule has 0 radical (unpaired) electrons. The number of urea groups is 1. The second kappa shape index (κ2) is 3.59. The molecule has 0 aromatic heterocycles. The zero-order valence-corrected chi connectivity index (χ0v) is 10.6. The van der Waals surface area contributed by atoms with Crippen LogP contribution in [0.1, 0.15) is 12.8 Å². The summed E-state index contributed by atoms with van der Waals surface area (Å²) in [6.07, 6.45) is -0.00241. The van der Waals surface area contributed by atoms with Gasteiger partial charge in [0.05, 0.1) is 12.1 Å². The highest BCUT2D eigenvalue weighted by Crippen LogP contribution is 2.47. The van der Waals surface area contributed by atoms with Gasteiger partial charge in [0, 0.05) is 13.0 Å². The Balaban J connectivity index is 1.82. The van der Waals surface area contributed by atoms with E-state index in [0.29, 0.717) is 18.7 Å². The fourth-order valence-electron chi connectivity index (χ4n) is 3.45. The molecule has 2 atom stereocenters. The Kier molecular flexibility index (Phi) is 2.06. The predicted octanol–water partition coefficient (Wildman–Crippen LogP) is 0.913. The molecule has 4 rings (SSSR count). The Morgan fingerprint density at radius 1 is 1.15 bits per heavy atom. The fourth-order valence-corrected chi connectivity index (χ4v) is 3.45. The monoisotopic (exact) mass is 272 g/mol. The van der Waals surface area contributed by atoms with Crippen molar-refractivity contribution in [2.24, 2.45) is 0 Å². The molecule has 1 spiro atoms. The van der Waals surface area contributed by atoms with Crippen molar-refractivity contribution >= 4 is 23.6 Å². The summed E-state index contributed by atoms with van der Waals surface area (Å²) in [6.45, 7) is 0.450. The number of amides is 3. The Morgan fingerprint density at radius 2 is 1.90 bits per heavy atom. The van der Waals surface area contributed by atoms with E-state index in [0.717, 1.165) is 4.90 Å². The molecule has 3 fully saturated rings. The van der Waals surface area contributed by atoms with Crippen LogP contribution in [-0.2, 0) is 14.3 Å². The Hall–Kier alpha value is -2.37. The van der Waals surface area contributed by atoms with E-state index < -0.39 is 17.6 Å². The molecule has 0 saturated carbocycles. The lowest BCUT2D eigenvalue weighted by molar-refractivity contribution is -0.141. The molecule has 102 valence electrons. The summed E-state index contributed by atoms with van der Waals surface area (Å²) in [6, 6.07) is 8.42. The zero-order valence-electron chi connectivity index (χ0n) is 10.6. The summed E-state index contributed by atoms with van der Waals surface area (Å²) in [4.78, 5) is 39.5. The van der Waals surface area contributed by atoms with Gasteiger partial charge in [0.1, 0.15) is 6.10 Å². The number of hydrogen-bond acceptors (Lipinski definition) is 4. The standard InChI is InChI=1S/C14H12N2O4/c17-11-8-14-10(20-11)6-7-15(14)13(19)16(12(14)18)9-4-2-1-3-5-9/h1-5,10H,6-8H2/t10-,14-/m1/s1. The van der Waals surface area contributed by atoms with Gasteiger partial charge in [-0.05, 0) is 12.1 Å². The van der Waals surface area contributed by atoms with Gasteiger partial charge < -0.3 is 9.64 Å². The van der Waals surface area contributed by atoms with Crippen LogP contribution in [0.15, 0.2) is 30.3 Å². The summed E-state index contributed by atoms with van der Waals surface area (Å²) < 4.78 is 5.21. The van der Waals surface area contributed by atoms with Crippen LogP contribution >= 0.6 is 0 Å². The molecular weight excluding hydrogens is 260 g/mol. The summed E-state index contributed by atoms with van der Waals surface area (Å²) in [5.74, 6) is -0.752. The van der Waals surface area contributed by atoms with Gasteiger partial charge in [-0.25, -0.2) is 9.69 Å². The first-order valence-corrected chi connectivity index (χ1v) is 6.55. The van der Waals surface area contributed by atoms with Crippen LogP contribution in [-0.4, -0.2) is 41.0 Å². The van der Waals surface area contributed by atoms with Crippen LogP contribution < -0.4 is 4.90 Å². The van der Waals surface area contributed by atoms with Crippen molar-refractivity contribution in [3.63, 3.8) is 0 Å². The molecular formula is C14H12N2O4. The number of esters is 1. The molecule has 1 aromatic carbocycles. The molecule has 0 bridgehead atoms. The molecule has 1 aromatic rings. The SMILES string of the molecule is O=C1C[C@@]23C(=O)N(c4ccccc4)C(=O)N2CC[C@H]3O1. The van der Waals surface area contributed by atoms with Crippen LogP contribution in [0.3, 0.4) is 0 Å². The summed E-state index contributed by atoms with van der Waals surface area (Å²) in [5, 5.41) is 0. The normalized spacial score (nSPS) is 31.6. The summed E-state index contributed by atoms with van der Waals surface area (Å²) in [7, 11) is 0. The van der Waals surface area contributed by atoms with Crippen LogP contribution in [0.5, 0.6) is 0 Å². The Morgan fingerprint density at radius 3 is 2.65 bits per heavy atom. The van der Waals surface area contributed by atoms with Gasteiger partial charge in [0.15, 0.2) is 5.54 Å². The number of rotatable bonds is 1. The first-order valence-electron chi connectivity index (χ1n) is 6.55. The quantitative estimate of drug-likeness (QED) is 0.563. The topological polar surface area (TPSA) is 66.9 Å². The fraction of sp³-hybridized carbons (Fsp3) is 0.357. The summed E-state index contributed by atoms with van der Waals surface area (Å²) in [5.41, 5.74) is -0.575. The third kappa shape index (κ3) is 1.16. The molecule has 3 amide bonds. The third-order valence-corrected chi connectivity index (χ3v) is 4.33. The predicted molar refractivity (Wildman–Crippen MR) is 67.9 cm³/mol. The van der Waals surface area contributed by atoms with Crippen molar-refractivity contribution in [3.05, 3.63) is 30.3 Å². The molecule has 6 nitrogen and oxygen atoms in total. The Bertz CT molecular complexity index is 629. The van der Waals surface area contributed by atoms with Gasteiger partial charge in [-0.1, -0.05) is 18.2 Å². The average Bonchev–Trinajstić information content (AvgIpc) is 3.00. The van der Waals surface area contributed by atoms with Crippen LogP contribution in [0.4, 0.5) is 10.5 Å². The number of ether oxygens (including phenoxy) is 1. The van der Waals surface area contributed by atoms with Crippen molar-refractivity contribution in [3.8, 4) is 0 Å². The lowest BCUT2D eigenvalue weighted by atomic mass is 9.92. The van der Waals surface area contributed by atoms with E-state index in [1.807, 2.05) is 6.07 Å². The molecule has 20 heavy (non-hydrogen) atoms. The molecule has 0 aliphatic carbocycles. The second-order valence-corrected chi connectivity index (χ2v) is 5.28. The minimum Gasteiger partial charge on any atom is -0.459 e.